The first-order valence-corrected chi connectivity index (χ1v) is 6.38. The molecule has 0 saturated carbocycles. The van der Waals surface area contributed by atoms with Crippen molar-refractivity contribution in [3.05, 3.63) is 57.3 Å². The van der Waals surface area contributed by atoms with Gasteiger partial charge in [0.2, 0.25) is 0 Å². The zero-order valence-electron chi connectivity index (χ0n) is 9.68. The van der Waals surface area contributed by atoms with Crippen molar-refractivity contribution >= 4 is 40.7 Å². The Morgan fingerprint density at radius 3 is 2.20 bits per heavy atom. The molecule has 1 heterocycles. The highest BCUT2D eigenvalue weighted by Gasteiger charge is 2.34. The van der Waals surface area contributed by atoms with Crippen molar-refractivity contribution in [1.29, 1.82) is 0 Å². The minimum atomic E-state index is -2.42. The van der Waals surface area contributed by atoms with Crippen molar-refractivity contribution in [2.24, 2.45) is 0 Å². The fourth-order valence-electron chi connectivity index (χ4n) is 1.49. The molecule has 0 bridgehead atoms. The van der Waals surface area contributed by atoms with Crippen LogP contribution in [0.3, 0.4) is 0 Å². The number of halogens is 3. The Balaban J connectivity index is 2.60. The molecule has 0 spiro atoms. The molecule has 2 aromatic rings. The van der Waals surface area contributed by atoms with Crippen LogP contribution in [0.4, 0.5) is 0 Å². The summed E-state index contributed by atoms with van der Waals surface area (Å²) in [7, 11) is 0. The smallest absolute Gasteiger partial charge is 0.409 e. The highest BCUT2D eigenvalue weighted by Crippen LogP contribution is 2.27. The summed E-state index contributed by atoms with van der Waals surface area (Å²) in [5, 5.41) is 0. The van der Waals surface area contributed by atoms with Gasteiger partial charge >= 0.3 is 5.76 Å². The number of benzene rings is 1. The highest BCUT2D eigenvalue weighted by molar-refractivity contribution is 6.76. The van der Waals surface area contributed by atoms with Crippen LogP contribution in [0.25, 0.3) is 11.3 Å². The van der Waals surface area contributed by atoms with Crippen LogP contribution in [0.15, 0.2) is 50.4 Å². The Labute approximate surface area is 127 Å². The average molecular weight is 335 g/mol. The second kappa shape index (κ2) is 5.44. The lowest BCUT2D eigenvalue weighted by molar-refractivity contribution is 0.0899. The predicted octanol–water partition coefficient (Wildman–Crippen LogP) is 2.48. The van der Waals surface area contributed by atoms with Crippen LogP contribution in [0, 0.1) is 0 Å². The molecule has 0 saturated heterocycles. The van der Waals surface area contributed by atoms with E-state index in [2.05, 4.69) is 0 Å². The maximum absolute atomic E-state index is 11.8. The van der Waals surface area contributed by atoms with Crippen LogP contribution >= 0.6 is 34.8 Å². The summed E-state index contributed by atoms with van der Waals surface area (Å²) in [4.78, 5) is 35.2. The maximum Gasteiger partial charge on any atom is 0.429 e. The first kappa shape index (κ1) is 14.8. The van der Waals surface area contributed by atoms with Gasteiger partial charge in [-0.2, -0.15) is 4.57 Å². The quantitative estimate of drug-likeness (QED) is 0.751. The molecule has 2 rings (SSSR count). The van der Waals surface area contributed by atoms with Crippen molar-refractivity contribution in [3.63, 3.8) is 0 Å². The number of aromatic nitrogens is 1. The molecule has 0 N–H and O–H groups in total. The lowest BCUT2D eigenvalue weighted by Gasteiger charge is -2.09. The lowest BCUT2D eigenvalue weighted by atomic mass is 10.2. The largest absolute Gasteiger partial charge is 0.429 e. The van der Waals surface area contributed by atoms with E-state index < -0.39 is 21.0 Å². The Hall–Kier alpha value is -1.56. The Morgan fingerprint density at radius 1 is 1.10 bits per heavy atom. The number of carbonyl (C=O) groups is 1. The van der Waals surface area contributed by atoms with Crippen LogP contribution in [0.5, 0.6) is 0 Å². The lowest BCUT2D eigenvalue weighted by Crippen LogP contribution is -2.42. The summed E-state index contributed by atoms with van der Waals surface area (Å²) >= 11 is 16.1. The molecular weight excluding hydrogens is 328 g/mol. The van der Waals surface area contributed by atoms with Gasteiger partial charge in [-0.1, -0.05) is 65.1 Å². The standard InChI is InChI=1S/C12H6Cl3NO4/c13-12(14,15)10(18)16-9(17)6-8(20-11(16)19)7-4-2-1-3-5-7/h1-6H. The third kappa shape index (κ3) is 2.95. The van der Waals surface area contributed by atoms with E-state index in [1.54, 1.807) is 30.3 Å². The second-order valence-corrected chi connectivity index (χ2v) is 6.00. The molecule has 0 aliphatic rings. The molecule has 1 aromatic heterocycles. The summed E-state index contributed by atoms with van der Waals surface area (Å²) in [5.74, 6) is -2.48. The van der Waals surface area contributed by atoms with Crippen molar-refractivity contribution in [3.8, 4) is 11.3 Å². The van der Waals surface area contributed by atoms with Gasteiger partial charge in [0.15, 0.2) is 0 Å². The monoisotopic (exact) mass is 333 g/mol. The summed E-state index contributed by atoms with van der Waals surface area (Å²) in [6, 6.07) is 9.42. The van der Waals surface area contributed by atoms with Crippen LogP contribution in [0.1, 0.15) is 4.79 Å². The minimum absolute atomic E-state index is 0.0222. The van der Waals surface area contributed by atoms with E-state index in [0.29, 0.717) is 5.56 Å². The van der Waals surface area contributed by atoms with Crippen LogP contribution in [-0.2, 0) is 0 Å². The summed E-state index contributed by atoms with van der Waals surface area (Å²) < 4.78 is 2.62. The first-order chi connectivity index (χ1) is 9.30. The molecule has 1 aromatic carbocycles. The fourth-order valence-corrected chi connectivity index (χ4v) is 1.74. The van der Waals surface area contributed by atoms with Crippen LogP contribution in [0.2, 0.25) is 0 Å². The normalized spacial score (nSPS) is 11.3. The predicted molar refractivity (Wildman–Crippen MR) is 75.6 cm³/mol. The van der Waals surface area contributed by atoms with E-state index in [0.717, 1.165) is 6.07 Å². The molecule has 5 nitrogen and oxygen atoms in total. The number of hydrogen-bond acceptors (Lipinski definition) is 4. The number of nitrogens with zero attached hydrogens (tertiary/aromatic N) is 1. The molecule has 104 valence electrons. The van der Waals surface area contributed by atoms with Gasteiger partial charge in [-0.05, 0) is 0 Å². The number of hydrogen-bond donors (Lipinski definition) is 0. The maximum atomic E-state index is 11.8. The molecule has 8 heteroatoms. The molecule has 0 aliphatic heterocycles. The topological polar surface area (TPSA) is 69.3 Å². The molecule has 0 radical (unpaired) electrons. The van der Waals surface area contributed by atoms with E-state index in [1.165, 1.54) is 0 Å². The molecule has 0 atom stereocenters. The van der Waals surface area contributed by atoms with Gasteiger partial charge in [-0.3, -0.25) is 9.59 Å². The van der Waals surface area contributed by atoms with E-state index in [1.807, 2.05) is 0 Å². The van der Waals surface area contributed by atoms with Crippen LogP contribution in [-0.4, -0.2) is 14.3 Å². The van der Waals surface area contributed by atoms with Crippen molar-refractivity contribution in [2.75, 3.05) is 0 Å². The summed E-state index contributed by atoms with van der Waals surface area (Å²) in [6.45, 7) is 0. The molecule has 20 heavy (non-hydrogen) atoms. The van der Waals surface area contributed by atoms with Gasteiger partial charge in [0.25, 0.3) is 15.3 Å². The average Bonchev–Trinajstić information content (AvgIpc) is 2.37. The van der Waals surface area contributed by atoms with E-state index in [4.69, 9.17) is 39.2 Å². The van der Waals surface area contributed by atoms with Gasteiger partial charge in [0.1, 0.15) is 5.76 Å². The van der Waals surface area contributed by atoms with E-state index >= 15 is 0 Å². The minimum Gasteiger partial charge on any atom is -0.409 e. The van der Waals surface area contributed by atoms with Crippen molar-refractivity contribution < 1.29 is 9.21 Å². The molecule has 0 fully saturated rings. The van der Waals surface area contributed by atoms with Gasteiger partial charge in [0.05, 0.1) is 0 Å². The van der Waals surface area contributed by atoms with Gasteiger partial charge in [0, 0.05) is 11.6 Å². The SMILES string of the molecule is O=C(n1c(=O)cc(-c2ccccc2)oc1=O)C(Cl)(Cl)Cl. The third-order valence-electron chi connectivity index (χ3n) is 2.36. The molecular formula is C12H6Cl3NO4. The van der Waals surface area contributed by atoms with Gasteiger partial charge < -0.3 is 4.42 Å². The number of alkyl halides is 3. The number of carbonyl (C=O) groups excluding carboxylic acids is 1. The van der Waals surface area contributed by atoms with Crippen LogP contribution < -0.4 is 11.3 Å². The summed E-state index contributed by atoms with van der Waals surface area (Å²) in [6.07, 6.45) is 0. The molecule has 0 aliphatic carbocycles. The molecule has 0 unspecified atom stereocenters. The third-order valence-corrected chi connectivity index (χ3v) is 2.84. The highest BCUT2D eigenvalue weighted by atomic mass is 35.6. The van der Waals surface area contributed by atoms with E-state index in [-0.39, 0.29) is 10.3 Å². The zero-order valence-corrected chi connectivity index (χ0v) is 11.9. The Bertz CT molecular complexity index is 728. The van der Waals surface area contributed by atoms with Gasteiger partial charge in [-0.15, -0.1) is 0 Å². The Kier molecular flexibility index (Phi) is 4.04. The number of rotatable bonds is 1. The fraction of sp³-hybridized carbons (Fsp3) is 0.0833. The Morgan fingerprint density at radius 2 is 1.70 bits per heavy atom. The van der Waals surface area contributed by atoms with Gasteiger partial charge in [-0.25, -0.2) is 4.79 Å². The molecule has 0 amide bonds. The first-order valence-electron chi connectivity index (χ1n) is 5.25. The second-order valence-electron chi connectivity index (χ2n) is 3.72. The zero-order chi connectivity index (χ0) is 14.9. The van der Waals surface area contributed by atoms with E-state index in [9.17, 15) is 14.4 Å². The summed E-state index contributed by atoms with van der Waals surface area (Å²) in [5.41, 5.74) is -0.424. The van der Waals surface area contributed by atoms with Crippen molar-refractivity contribution in [2.45, 2.75) is 3.79 Å². The van der Waals surface area contributed by atoms with Crippen molar-refractivity contribution in [1.82, 2.24) is 4.57 Å².